The van der Waals surface area contributed by atoms with Crippen LogP contribution in [-0.2, 0) is 11.2 Å². The molecule has 3 aromatic rings. The molecular formula is C27H28F4N6O. The zero-order chi connectivity index (χ0) is 27.3. The van der Waals surface area contributed by atoms with Gasteiger partial charge in [-0.05, 0) is 31.7 Å². The first-order valence-corrected chi connectivity index (χ1v) is 12.1. The SMILES string of the molecule is C=C(c1nc(/C=C/CNC(=O)Cc2cnccn2)cc2c(N[C@@H]3CCN(C)C[C@@H]3F)cccc12)C(F)(F)F. The van der Waals surface area contributed by atoms with E-state index in [0.29, 0.717) is 29.7 Å². The number of carbonyl (C=O) groups excluding carboxylic acids is 1. The number of benzene rings is 1. The van der Waals surface area contributed by atoms with Crippen molar-refractivity contribution in [3.05, 3.63) is 72.6 Å². The molecule has 1 fully saturated rings. The highest BCUT2D eigenvalue weighted by molar-refractivity contribution is 6.00. The number of alkyl halides is 4. The summed E-state index contributed by atoms with van der Waals surface area (Å²) in [6, 6.07) is 6.05. The Balaban J connectivity index is 1.59. The average Bonchev–Trinajstić information content (AvgIpc) is 2.87. The lowest BCUT2D eigenvalue weighted by Crippen LogP contribution is -2.46. The van der Waals surface area contributed by atoms with E-state index in [-0.39, 0.29) is 42.2 Å². The van der Waals surface area contributed by atoms with Crippen LogP contribution >= 0.6 is 0 Å². The maximum absolute atomic E-state index is 14.7. The molecule has 2 N–H and O–H groups in total. The molecule has 7 nitrogen and oxygen atoms in total. The van der Waals surface area contributed by atoms with Gasteiger partial charge in [-0.3, -0.25) is 14.8 Å². The van der Waals surface area contributed by atoms with Crippen LogP contribution in [0.1, 0.15) is 23.5 Å². The first-order valence-electron chi connectivity index (χ1n) is 12.1. The van der Waals surface area contributed by atoms with E-state index in [4.69, 9.17) is 0 Å². The zero-order valence-electron chi connectivity index (χ0n) is 20.8. The second-order valence-corrected chi connectivity index (χ2v) is 9.17. The normalized spacial score (nSPS) is 18.6. The van der Waals surface area contributed by atoms with Crippen molar-refractivity contribution < 1.29 is 22.4 Å². The van der Waals surface area contributed by atoms with E-state index in [9.17, 15) is 22.4 Å². The Labute approximate surface area is 217 Å². The largest absolute Gasteiger partial charge is 0.417 e. The Kier molecular flexibility index (Phi) is 8.35. The van der Waals surface area contributed by atoms with Gasteiger partial charge in [-0.1, -0.05) is 24.8 Å². The van der Waals surface area contributed by atoms with Crippen molar-refractivity contribution in [1.82, 2.24) is 25.2 Å². The minimum Gasteiger partial charge on any atom is -0.379 e. The average molecular weight is 529 g/mol. The van der Waals surface area contributed by atoms with Crippen LogP contribution < -0.4 is 10.6 Å². The third-order valence-corrected chi connectivity index (χ3v) is 6.27. The van der Waals surface area contributed by atoms with Crippen molar-refractivity contribution in [2.45, 2.75) is 31.2 Å². The molecule has 1 saturated heterocycles. The Bertz CT molecular complexity index is 1330. The highest BCUT2D eigenvalue weighted by Crippen LogP contribution is 2.37. The summed E-state index contributed by atoms with van der Waals surface area (Å²) in [5.74, 6) is -0.279. The van der Waals surface area contributed by atoms with E-state index >= 15 is 0 Å². The van der Waals surface area contributed by atoms with Crippen LogP contribution in [0.5, 0.6) is 0 Å². The molecule has 200 valence electrons. The predicted molar refractivity (Wildman–Crippen MR) is 139 cm³/mol. The van der Waals surface area contributed by atoms with E-state index in [0.717, 1.165) is 0 Å². The minimum absolute atomic E-state index is 0.0486. The number of anilines is 1. The van der Waals surface area contributed by atoms with Crippen LogP contribution in [-0.4, -0.2) is 70.8 Å². The van der Waals surface area contributed by atoms with E-state index < -0.39 is 24.0 Å². The predicted octanol–water partition coefficient (Wildman–Crippen LogP) is 4.43. The molecule has 3 heterocycles. The lowest BCUT2D eigenvalue weighted by atomic mass is 9.99. The molecule has 2 aromatic heterocycles. The van der Waals surface area contributed by atoms with E-state index in [2.05, 4.69) is 32.2 Å². The van der Waals surface area contributed by atoms with Gasteiger partial charge in [0, 0.05) is 54.7 Å². The van der Waals surface area contributed by atoms with Gasteiger partial charge < -0.3 is 15.5 Å². The van der Waals surface area contributed by atoms with Gasteiger partial charge in [0.1, 0.15) is 6.17 Å². The van der Waals surface area contributed by atoms with Gasteiger partial charge in [0.2, 0.25) is 5.91 Å². The van der Waals surface area contributed by atoms with Gasteiger partial charge in [-0.2, -0.15) is 13.2 Å². The molecule has 0 radical (unpaired) electrons. The second kappa shape index (κ2) is 11.7. The monoisotopic (exact) mass is 528 g/mol. The number of pyridine rings is 1. The fourth-order valence-electron chi connectivity index (χ4n) is 4.29. The highest BCUT2D eigenvalue weighted by Gasteiger charge is 2.35. The number of nitrogens with zero attached hydrogens (tertiary/aromatic N) is 4. The Morgan fingerprint density at radius 1 is 1.26 bits per heavy atom. The standard InChI is InChI=1S/C27H28F4N6O/c1-17(27(29,30)31)26-20-6-3-7-23(36-24-8-12-37(2)16-22(24)28)21(20)13-18(35-26)5-4-9-34-25(38)14-19-15-32-10-11-33-19/h3-7,10-11,13,15,22,24,36H,1,8-9,12,14,16H2,2H3,(H,34,38)/b5-4+/t22-,24+/m0/s1. The molecule has 1 amide bonds. The fraction of sp³-hybridized carbons (Fsp3) is 0.333. The second-order valence-electron chi connectivity index (χ2n) is 9.17. The maximum atomic E-state index is 14.7. The molecule has 38 heavy (non-hydrogen) atoms. The van der Waals surface area contributed by atoms with E-state index in [1.807, 2.05) is 11.9 Å². The molecule has 2 atom stereocenters. The summed E-state index contributed by atoms with van der Waals surface area (Å²) in [4.78, 5) is 26.2. The van der Waals surface area contributed by atoms with Gasteiger partial charge in [-0.25, -0.2) is 9.37 Å². The quantitative estimate of drug-likeness (QED) is 0.421. The van der Waals surface area contributed by atoms with Gasteiger partial charge >= 0.3 is 6.18 Å². The number of allylic oxidation sites excluding steroid dienone is 1. The number of likely N-dealkylation sites (tertiary alicyclic amines) is 1. The van der Waals surface area contributed by atoms with Crippen LogP contribution in [0, 0.1) is 0 Å². The summed E-state index contributed by atoms with van der Waals surface area (Å²) in [6.07, 6.45) is 2.41. The summed E-state index contributed by atoms with van der Waals surface area (Å²) in [7, 11) is 1.85. The Morgan fingerprint density at radius 3 is 2.79 bits per heavy atom. The molecule has 0 bridgehead atoms. The fourth-order valence-corrected chi connectivity index (χ4v) is 4.29. The van der Waals surface area contributed by atoms with Crippen molar-refractivity contribution in [2.75, 3.05) is 32.0 Å². The van der Waals surface area contributed by atoms with Crippen molar-refractivity contribution in [2.24, 2.45) is 0 Å². The molecule has 11 heteroatoms. The number of carbonyl (C=O) groups is 1. The molecule has 1 aliphatic rings. The molecule has 0 aliphatic carbocycles. The molecule has 0 unspecified atom stereocenters. The number of piperidine rings is 1. The van der Waals surface area contributed by atoms with Crippen molar-refractivity contribution in [1.29, 1.82) is 0 Å². The van der Waals surface area contributed by atoms with Crippen molar-refractivity contribution >= 4 is 34.0 Å². The Morgan fingerprint density at radius 2 is 2.08 bits per heavy atom. The topological polar surface area (TPSA) is 83.0 Å². The summed E-state index contributed by atoms with van der Waals surface area (Å²) < 4.78 is 55.6. The van der Waals surface area contributed by atoms with Crippen LogP contribution in [0.15, 0.2) is 55.5 Å². The summed E-state index contributed by atoms with van der Waals surface area (Å²) in [6.45, 7) is 4.36. The molecule has 0 spiro atoms. The first-order chi connectivity index (χ1) is 18.1. The zero-order valence-corrected chi connectivity index (χ0v) is 20.8. The molecule has 1 aromatic carbocycles. The summed E-state index contributed by atoms with van der Waals surface area (Å²) in [5.41, 5.74) is -0.0959. The highest BCUT2D eigenvalue weighted by atomic mass is 19.4. The number of hydrogen-bond donors (Lipinski definition) is 2. The number of rotatable bonds is 8. The number of aromatic nitrogens is 3. The third kappa shape index (κ3) is 6.71. The molecule has 0 saturated carbocycles. The van der Waals surface area contributed by atoms with Crippen molar-refractivity contribution in [3.8, 4) is 0 Å². The summed E-state index contributed by atoms with van der Waals surface area (Å²) >= 11 is 0. The van der Waals surface area contributed by atoms with Gasteiger partial charge in [-0.15, -0.1) is 0 Å². The minimum atomic E-state index is -4.68. The van der Waals surface area contributed by atoms with Gasteiger partial charge in [0.15, 0.2) is 0 Å². The van der Waals surface area contributed by atoms with Crippen LogP contribution in [0.4, 0.5) is 23.2 Å². The lowest BCUT2D eigenvalue weighted by molar-refractivity contribution is -0.120. The lowest BCUT2D eigenvalue weighted by Gasteiger charge is -2.33. The Hall–Kier alpha value is -3.86. The first kappa shape index (κ1) is 27.2. The van der Waals surface area contributed by atoms with E-state index in [1.54, 1.807) is 30.3 Å². The van der Waals surface area contributed by atoms with E-state index in [1.165, 1.54) is 24.7 Å². The maximum Gasteiger partial charge on any atom is 0.417 e. The third-order valence-electron chi connectivity index (χ3n) is 6.27. The van der Waals surface area contributed by atoms with Crippen LogP contribution in [0.3, 0.4) is 0 Å². The molecule has 1 aliphatic heterocycles. The van der Waals surface area contributed by atoms with Crippen LogP contribution in [0.2, 0.25) is 0 Å². The molecule has 4 rings (SSSR count). The van der Waals surface area contributed by atoms with Gasteiger partial charge in [0.25, 0.3) is 0 Å². The summed E-state index contributed by atoms with van der Waals surface area (Å²) in [5, 5.41) is 6.63. The van der Waals surface area contributed by atoms with Gasteiger partial charge in [0.05, 0.1) is 35.1 Å². The number of amides is 1. The molecular weight excluding hydrogens is 500 g/mol. The number of nitrogens with one attached hydrogen (secondary N) is 2. The van der Waals surface area contributed by atoms with Crippen molar-refractivity contribution in [3.63, 3.8) is 0 Å². The smallest absolute Gasteiger partial charge is 0.379 e. The number of halogens is 4. The van der Waals surface area contributed by atoms with Crippen LogP contribution in [0.25, 0.3) is 22.4 Å². The number of hydrogen-bond acceptors (Lipinski definition) is 6. The number of fused-ring (bicyclic) bond motifs is 1.